The van der Waals surface area contributed by atoms with Crippen molar-refractivity contribution in [3.05, 3.63) is 59.2 Å². The molecule has 0 unspecified atom stereocenters. The van der Waals surface area contributed by atoms with Crippen molar-refractivity contribution in [2.75, 3.05) is 0 Å². The van der Waals surface area contributed by atoms with E-state index in [-0.39, 0.29) is 6.04 Å². The third-order valence-corrected chi connectivity index (χ3v) is 4.20. The summed E-state index contributed by atoms with van der Waals surface area (Å²) in [7, 11) is 0. The number of aliphatic hydroxyl groups excluding tert-OH is 1. The topological polar surface area (TPSA) is 46.2 Å². The Bertz CT molecular complexity index is 621. The SMILES string of the molecule is CCC[C@@H](O)[C@@H](N)c1ccc2c(c1)Cc1ccccc1-2. The third-order valence-electron chi connectivity index (χ3n) is 4.20. The Morgan fingerprint density at radius 2 is 1.85 bits per heavy atom. The van der Waals surface area contributed by atoms with E-state index in [4.69, 9.17) is 5.73 Å². The lowest BCUT2D eigenvalue weighted by Crippen LogP contribution is -2.26. The molecule has 0 aliphatic heterocycles. The van der Waals surface area contributed by atoms with Gasteiger partial charge in [-0.2, -0.15) is 0 Å². The fourth-order valence-corrected chi connectivity index (χ4v) is 3.07. The van der Waals surface area contributed by atoms with Crippen LogP contribution in [0.1, 0.15) is 42.5 Å². The highest BCUT2D eigenvalue weighted by molar-refractivity contribution is 5.77. The molecule has 2 aromatic carbocycles. The van der Waals surface area contributed by atoms with E-state index in [1.165, 1.54) is 22.3 Å². The highest BCUT2D eigenvalue weighted by atomic mass is 16.3. The molecule has 2 aromatic rings. The number of hydrogen-bond acceptors (Lipinski definition) is 2. The first-order valence-electron chi connectivity index (χ1n) is 7.35. The van der Waals surface area contributed by atoms with E-state index in [1.807, 2.05) is 0 Å². The number of aliphatic hydroxyl groups is 1. The summed E-state index contributed by atoms with van der Waals surface area (Å²) in [6, 6.07) is 14.6. The molecule has 3 rings (SSSR count). The van der Waals surface area contributed by atoms with Crippen molar-refractivity contribution in [3.8, 4) is 11.1 Å². The van der Waals surface area contributed by atoms with Gasteiger partial charge in [0.05, 0.1) is 12.1 Å². The molecule has 2 atom stereocenters. The van der Waals surface area contributed by atoms with Gasteiger partial charge < -0.3 is 10.8 Å². The quantitative estimate of drug-likeness (QED) is 0.761. The molecule has 104 valence electrons. The minimum Gasteiger partial charge on any atom is -0.391 e. The number of fused-ring (bicyclic) bond motifs is 3. The lowest BCUT2D eigenvalue weighted by atomic mass is 9.95. The summed E-state index contributed by atoms with van der Waals surface area (Å²) in [4.78, 5) is 0. The molecule has 0 spiro atoms. The monoisotopic (exact) mass is 267 g/mol. The summed E-state index contributed by atoms with van der Waals surface area (Å²) in [5.41, 5.74) is 12.5. The molecule has 1 aliphatic carbocycles. The van der Waals surface area contributed by atoms with E-state index >= 15 is 0 Å². The number of nitrogens with two attached hydrogens (primary N) is 1. The zero-order valence-corrected chi connectivity index (χ0v) is 11.8. The van der Waals surface area contributed by atoms with Crippen molar-refractivity contribution >= 4 is 0 Å². The molecule has 1 aliphatic rings. The average molecular weight is 267 g/mol. The Balaban J connectivity index is 1.91. The number of benzene rings is 2. The maximum absolute atomic E-state index is 10.1. The van der Waals surface area contributed by atoms with Crippen molar-refractivity contribution in [2.45, 2.75) is 38.3 Å². The zero-order valence-electron chi connectivity index (χ0n) is 11.8. The maximum atomic E-state index is 10.1. The van der Waals surface area contributed by atoms with Gasteiger partial charge in [0.1, 0.15) is 0 Å². The predicted molar refractivity (Wildman–Crippen MR) is 82.5 cm³/mol. The van der Waals surface area contributed by atoms with E-state index in [1.54, 1.807) is 0 Å². The smallest absolute Gasteiger partial charge is 0.0732 e. The van der Waals surface area contributed by atoms with Crippen molar-refractivity contribution < 1.29 is 5.11 Å². The van der Waals surface area contributed by atoms with Crippen LogP contribution in [0, 0.1) is 0 Å². The minimum absolute atomic E-state index is 0.288. The summed E-state index contributed by atoms with van der Waals surface area (Å²) >= 11 is 0. The molecule has 0 saturated heterocycles. The Morgan fingerprint density at radius 3 is 2.65 bits per heavy atom. The minimum atomic E-state index is -0.457. The van der Waals surface area contributed by atoms with Crippen LogP contribution >= 0.6 is 0 Å². The molecule has 2 nitrogen and oxygen atoms in total. The van der Waals surface area contributed by atoms with Crippen LogP contribution in [0.3, 0.4) is 0 Å². The molecular formula is C18H21NO. The first-order valence-corrected chi connectivity index (χ1v) is 7.35. The molecule has 0 radical (unpaired) electrons. The van der Waals surface area contributed by atoms with Gasteiger partial charge in [0.2, 0.25) is 0 Å². The molecule has 0 aromatic heterocycles. The number of hydrogen-bond donors (Lipinski definition) is 2. The summed E-state index contributed by atoms with van der Waals surface area (Å²) in [5, 5.41) is 10.1. The van der Waals surface area contributed by atoms with Gasteiger partial charge in [0.15, 0.2) is 0 Å². The average Bonchev–Trinajstić information content (AvgIpc) is 2.84. The molecule has 0 fully saturated rings. The summed E-state index contributed by atoms with van der Waals surface area (Å²) in [6.45, 7) is 2.06. The molecule has 0 amide bonds. The lowest BCUT2D eigenvalue weighted by Gasteiger charge is -2.19. The summed E-state index contributed by atoms with van der Waals surface area (Å²) in [5.74, 6) is 0. The van der Waals surface area contributed by atoms with E-state index in [0.29, 0.717) is 0 Å². The summed E-state index contributed by atoms with van der Waals surface area (Å²) in [6.07, 6.45) is 2.21. The Morgan fingerprint density at radius 1 is 1.10 bits per heavy atom. The van der Waals surface area contributed by atoms with Gasteiger partial charge in [-0.05, 0) is 40.7 Å². The lowest BCUT2D eigenvalue weighted by molar-refractivity contribution is 0.134. The largest absolute Gasteiger partial charge is 0.391 e. The van der Waals surface area contributed by atoms with Crippen molar-refractivity contribution in [1.29, 1.82) is 0 Å². The van der Waals surface area contributed by atoms with Crippen molar-refractivity contribution in [2.24, 2.45) is 5.73 Å². The van der Waals surface area contributed by atoms with Crippen LogP contribution in [0.2, 0.25) is 0 Å². The van der Waals surface area contributed by atoms with Gasteiger partial charge in [0.25, 0.3) is 0 Å². The van der Waals surface area contributed by atoms with E-state index in [0.717, 1.165) is 24.8 Å². The van der Waals surface area contributed by atoms with E-state index < -0.39 is 6.10 Å². The van der Waals surface area contributed by atoms with Gasteiger partial charge in [-0.25, -0.2) is 0 Å². The van der Waals surface area contributed by atoms with Crippen LogP contribution in [-0.2, 0) is 6.42 Å². The van der Waals surface area contributed by atoms with Crippen LogP contribution < -0.4 is 5.73 Å². The standard InChI is InChI=1S/C18H21NO/c1-2-5-17(20)18(19)13-8-9-16-14(11-13)10-12-6-3-4-7-15(12)16/h3-4,6-9,11,17-18,20H,2,5,10,19H2,1H3/t17-,18+/m1/s1. The number of rotatable bonds is 4. The van der Waals surface area contributed by atoms with Crippen LogP contribution in [-0.4, -0.2) is 11.2 Å². The molecule has 20 heavy (non-hydrogen) atoms. The second kappa shape index (κ2) is 5.39. The Kier molecular flexibility index (Phi) is 3.60. The maximum Gasteiger partial charge on any atom is 0.0732 e. The first-order chi connectivity index (χ1) is 9.70. The van der Waals surface area contributed by atoms with Gasteiger partial charge in [-0.1, -0.05) is 55.8 Å². The highest BCUT2D eigenvalue weighted by Gasteiger charge is 2.21. The zero-order chi connectivity index (χ0) is 14.1. The molecule has 3 N–H and O–H groups in total. The predicted octanol–water partition coefficient (Wildman–Crippen LogP) is 3.42. The van der Waals surface area contributed by atoms with Crippen LogP contribution in [0.5, 0.6) is 0 Å². The second-order valence-electron chi connectivity index (χ2n) is 5.63. The van der Waals surface area contributed by atoms with E-state index in [9.17, 15) is 5.11 Å². The first kappa shape index (κ1) is 13.3. The molecule has 0 bridgehead atoms. The molecular weight excluding hydrogens is 246 g/mol. The Hall–Kier alpha value is -1.64. The van der Waals surface area contributed by atoms with Gasteiger partial charge in [-0.3, -0.25) is 0 Å². The van der Waals surface area contributed by atoms with Crippen LogP contribution in [0.4, 0.5) is 0 Å². The highest BCUT2D eigenvalue weighted by Crippen LogP contribution is 2.37. The normalized spacial score (nSPS) is 15.6. The van der Waals surface area contributed by atoms with Gasteiger partial charge in [-0.15, -0.1) is 0 Å². The van der Waals surface area contributed by atoms with Crippen LogP contribution in [0.25, 0.3) is 11.1 Å². The van der Waals surface area contributed by atoms with Crippen molar-refractivity contribution in [1.82, 2.24) is 0 Å². The molecule has 2 heteroatoms. The third kappa shape index (κ3) is 2.26. The van der Waals surface area contributed by atoms with E-state index in [2.05, 4.69) is 49.4 Å². The fourth-order valence-electron chi connectivity index (χ4n) is 3.07. The van der Waals surface area contributed by atoms with Crippen molar-refractivity contribution in [3.63, 3.8) is 0 Å². The fraction of sp³-hybridized carbons (Fsp3) is 0.333. The second-order valence-corrected chi connectivity index (χ2v) is 5.63. The van der Waals surface area contributed by atoms with Crippen LogP contribution in [0.15, 0.2) is 42.5 Å². The molecule has 0 saturated carbocycles. The summed E-state index contributed by atoms with van der Waals surface area (Å²) < 4.78 is 0. The van der Waals surface area contributed by atoms with Gasteiger partial charge in [0, 0.05) is 0 Å². The molecule has 0 heterocycles. The Labute approximate surface area is 120 Å². The van der Waals surface area contributed by atoms with Gasteiger partial charge >= 0.3 is 0 Å².